The number of hydrogen-bond acceptors (Lipinski definition) is 6. The van der Waals surface area contributed by atoms with Crippen LogP contribution in [0.2, 0.25) is 0 Å². The minimum absolute atomic E-state index is 0.316. The topological polar surface area (TPSA) is 77.7 Å². The Labute approximate surface area is 156 Å². The van der Waals surface area contributed by atoms with Gasteiger partial charge in [-0.1, -0.05) is 0 Å². The molecule has 1 aliphatic heterocycles. The minimum Gasteiger partial charge on any atom is -0.352 e. The van der Waals surface area contributed by atoms with Crippen LogP contribution in [-0.2, 0) is 13.0 Å². The molecule has 0 aromatic carbocycles. The minimum atomic E-state index is -0.547. The molecule has 27 heavy (non-hydrogen) atoms. The second-order valence-corrected chi connectivity index (χ2v) is 6.44. The molecular formula is C20H17FN6. The largest absolute Gasteiger partial charge is 0.352 e. The molecule has 0 unspecified atom stereocenters. The highest BCUT2D eigenvalue weighted by Gasteiger charge is 2.20. The molecule has 6 nitrogen and oxygen atoms in total. The summed E-state index contributed by atoms with van der Waals surface area (Å²) in [5.41, 5.74) is 4.66. The number of nitriles is 1. The lowest BCUT2D eigenvalue weighted by atomic mass is 10.0. The van der Waals surface area contributed by atoms with Gasteiger partial charge in [0.1, 0.15) is 11.9 Å². The average molecular weight is 360 g/mol. The molecule has 0 radical (unpaired) electrons. The van der Waals surface area contributed by atoms with E-state index in [1.165, 1.54) is 6.20 Å². The summed E-state index contributed by atoms with van der Waals surface area (Å²) in [4.78, 5) is 14.8. The van der Waals surface area contributed by atoms with Gasteiger partial charge in [0.25, 0.3) is 0 Å². The monoisotopic (exact) mass is 360 g/mol. The van der Waals surface area contributed by atoms with Gasteiger partial charge < -0.3 is 10.2 Å². The molecule has 0 fully saturated rings. The van der Waals surface area contributed by atoms with Crippen molar-refractivity contribution in [2.45, 2.75) is 19.9 Å². The van der Waals surface area contributed by atoms with Gasteiger partial charge in [0.15, 0.2) is 0 Å². The van der Waals surface area contributed by atoms with Gasteiger partial charge in [0.05, 0.1) is 23.1 Å². The Morgan fingerprint density at radius 3 is 2.89 bits per heavy atom. The lowest BCUT2D eigenvalue weighted by Gasteiger charge is -2.30. The number of nitrogens with zero attached hydrogens (tertiary/aromatic N) is 5. The van der Waals surface area contributed by atoms with E-state index >= 15 is 0 Å². The molecule has 0 atom stereocenters. The van der Waals surface area contributed by atoms with Gasteiger partial charge >= 0.3 is 0 Å². The third-order valence-electron chi connectivity index (χ3n) is 4.56. The van der Waals surface area contributed by atoms with Gasteiger partial charge in [0, 0.05) is 37.6 Å². The predicted molar refractivity (Wildman–Crippen MR) is 100 cm³/mol. The van der Waals surface area contributed by atoms with Gasteiger partial charge in [0.2, 0.25) is 5.95 Å². The first-order valence-corrected chi connectivity index (χ1v) is 8.61. The van der Waals surface area contributed by atoms with Crippen molar-refractivity contribution in [2.24, 2.45) is 0 Å². The molecule has 1 aliphatic rings. The lowest BCUT2D eigenvalue weighted by Crippen LogP contribution is -2.32. The van der Waals surface area contributed by atoms with Crippen molar-refractivity contribution in [3.05, 3.63) is 71.2 Å². The van der Waals surface area contributed by atoms with E-state index in [1.54, 1.807) is 24.5 Å². The second kappa shape index (κ2) is 7.00. The fourth-order valence-electron chi connectivity index (χ4n) is 3.27. The number of anilines is 3. The maximum atomic E-state index is 13.8. The first-order chi connectivity index (χ1) is 13.1. The number of aryl methyl sites for hydroxylation is 1. The third kappa shape index (κ3) is 3.42. The number of pyridine rings is 3. The van der Waals surface area contributed by atoms with E-state index in [4.69, 9.17) is 5.26 Å². The highest BCUT2D eigenvalue weighted by Crippen LogP contribution is 2.27. The quantitative estimate of drug-likeness (QED) is 0.721. The highest BCUT2D eigenvalue weighted by atomic mass is 19.1. The normalized spacial score (nSPS) is 13.0. The summed E-state index contributed by atoms with van der Waals surface area (Å²) in [6.45, 7) is 3.43. The fourth-order valence-corrected chi connectivity index (χ4v) is 3.27. The van der Waals surface area contributed by atoms with E-state index < -0.39 is 5.95 Å². The average Bonchev–Trinajstić information content (AvgIpc) is 2.69. The van der Waals surface area contributed by atoms with Crippen molar-refractivity contribution in [3.8, 4) is 6.07 Å². The molecule has 3 aromatic heterocycles. The standard InChI is InChI=1S/C20H17FN6/c1-13-7-14(9-22)10-25-20(13)27-6-4-17-15(12-27)8-16(11-24-17)26-18-3-2-5-23-19(18)21/h2-3,5,7-8,10-11,26H,4,6,12H2,1H3. The van der Waals surface area contributed by atoms with Crippen LogP contribution >= 0.6 is 0 Å². The van der Waals surface area contributed by atoms with E-state index in [2.05, 4.69) is 31.2 Å². The number of fused-ring (bicyclic) bond motifs is 1. The molecular weight excluding hydrogens is 343 g/mol. The van der Waals surface area contributed by atoms with E-state index in [0.717, 1.165) is 35.6 Å². The van der Waals surface area contributed by atoms with Gasteiger partial charge in [-0.05, 0) is 42.3 Å². The molecule has 0 bridgehead atoms. The van der Waals surface area contributed by atoms with Crippen molar-refractivity contribution < 1.29 is 4.39 Å². The van der Waals surface area contributed by atoms with Crippen molar-refractivity contribution in [1.29, 1.82) is 5.26 Å². The molecule has 3 aromatic rings. The van der Waals surface area contributed by atoms with Crippen LogP contribution in [-0.4, -0.2) is 21.5 Å². The molecule has 134 valence electrons. The summed E-state index contributed by atoms with van der Waals surface area (Å²) in [6.07, 6.45) is 5.53. The molecule has 1 N–H and O–H groups in total. The summed E-state index contributed by atoms with van der Waals surface area (Å²) in [6, 6.07) is 9.26. The number of aromatic nitrogens is 3. The Morgan fingerprint density at radius 2 is 2.11 bits per heavy atom. The summed E-state index contributed by atoms with van der Waals surface area (Å²) < 4.78 is 13.8. The SMILES string of the molecule is Cc1cc(C#N)cnc1N1CCc2ncc(Nc3cccnc3F)cc2C1. The molecule has 0 saturated carbocycles. The molecule has 0 amide bonds. The van der Waals surface area contributed by atoms with Crippen molar-refractivity contribution in [1.82, 2.24) is 15.0 Å². The maximum Gasteiger partial charge on any atom is 0.236 e. The molecule has 0 spiro atoms. The van der Waals surface area contributed by atoms with Crippen LogP contribution in [0.1, 0.15) is 22.4 Å². The summed E-state index contributed by atoms with van der Waals surface area (Å²) in [7, 11) is 0. The van der Waals surface area contributed by atoms with Gasteiger partial charge in [-0.2, -0.15) is 9.65 Å². The molecule has 7 heteroatoms. The molecule has 0 aliphatic carbocycles. The van der Waals surface area contributed by atoms with Crippen LogP contribution in [0.5, 0.6) is 0 Å². The molecule has 4 heterocycles. The van der Waals surface area contributed by atoms with E-state index in [9.17, 15) is 4.39 Å². The lowest BCUT2D eigenvalue weighted by molar-refractivity contribution is 0.588. The maximum absolute atomic E-state index is 13.8. The second-order valence-electron chi connectivity index (χ2n) is 6.44. The van der Waals surface area contributed by atoms with Crippen molar-refractivity contribution in [2.75, 3.05) is 16.8 Å². The zero-order valence-corrected chi connectivity index (χ0v) is 14.8. The van der Waals surface area contributed by atoms with Crippen LogP contribution < -0.4 is 10.2 Å². The van der Waals surface area contributed by atoms with Crippen LogP contribution in [0.15, 0.2) is 42.9 Å². The Bertz CT molecular complexity index is 1040. The number of nitrogens with one attached hydrogen (secondary N) is 1. The van der Waals surface area contributed by atoms with Crippen LogP contribution in [0.25, 0.3) is 0 Å². The fraction of sp³-hybridized carbons (Fsp3) is 0.200. The number of halogens is 1. The zero-order valence-electron chi connectivity index (χ0n) is 14.8. The van der Waals surface area contributed by atoms with Gasteiger partial charge in [-0.15, -0.1) is 0 Å². The number of rotatable bonds is 3. The molecule has 4 rings (SSSR count). The van der Waals surface area contributed by atoms with Crippen LogP contribution in [0.4, 0.5) is 21.6 Å². The summed E-state index contributed by atoms with van der Waals surface area (Å²) in [5.74, 6) is 0.325. The highest BCUT2D eigenvalue weighted by molar-refractivity contribution is 5.60. The van der Waals surface area contributed by atoms with Crippen LogP contribution in [0, 0.1) is 24.2 Å². The Balaban J connectivity index is 1.59. The van der Waals surface area contributed by atoms with Crippen molar-refractivity contribution >= 4 is 17.2 Å². The van der Waals surface area contributed by atoms with Gasteiger partial charge in [-0.25, -0.2) is 9.97 Å². The Morgan fingerprint density at radius 1 is 1.22 bits per heavy atom. The number of hydrogen-bond donors (Lipinski definition) is 1. The summed E-state index contributed by atoms with van der Waals surface area (Å²) >= 11 is 0. The predicted octanol–water partition coefficient (Wildman–Crippen LogP) is 3.50. The smallest absolute Gasteiger partial charge is 0.236 e. The van der Waals surface area contributed by atoms with Crippen LogP contribution in [0.3, 0.4) is 0 Å². The third-order valence-corrected chi connectivity index (χ3v) is 4.56. The van der Waals surface area contributed by atoms with E-state index in [1.807, 2.05) is 19.1 Å². The van der Waals surface area contributed by atoms with E-state index in [0.29, 0.717) is 23.5 Å². The van der Waals surface area contributed by atoms with E-state index in [-0.39, 0.29) is 0 Å². The first-order valence-electron chi connectivity index (χ1n) is 8.61. The van der Waals surface area contributed by atoms with Crippen molar-refractivity contribution in [3.63, 3.8) is 0 Å². The summed E-state index contributed by atoms with van der Waals surface area (Å²) in [5, 5.41) is 12.0. The zero-order chi connectivity index (χ0) is 18.8. The first kappa shape index (κ1) is 16.9. The Hall–Kier alpha value is -3.53. The van der Waals surface area contributed by atoms with Gasteiger partial charge in [-0.3, -0.25) is 4.98 Å². The Kier molecular flexibility index (Phi) is 4.38. The molecule has 0 saturated heterocycles.